The van der Waals surface area contributed by atoms with Gasteiger partial charge in [-0.15, -0.1) is 0 Å². The van der Waals surface area contributed by atoms with E-state index in [0.29, 0.717) is 32.8 Å². The maximum absolute atomic E-state index is 11.9. The molecule has 0 saturated carbocycles. The summed E-state index contributed by atoms with van der Waals surface area (Å²) in [6, 6.07) is 10.5. The molecule has 1 amide bonds. The second kappa shape index (κ2) is 11.2. The summed E-state index contributed by atoms with van der Waals surface area (Å²) >= 11 is 0. The van der Waals surface area contributed by atoms with Gasteiger partial charge in [0.05, 0.1) is 19.8 Å². The summed E-state index contributed by atoms with van der Waals surface area (Å²) in [5.74, 6) is 0.0677. The van der Waals surface area contributed by atoms with Crippen molar-refractivity contribution in [2.45, 2.75) is 18.9 Å². The van der Waals surface area contributed by atoms with Crippen LogP contribution in [-0.2, 0) is 14.3 Å². The molecule has 1 N–H and O–H groups in total. The molecule has 0 aliphatic carbocycles. The maximum atomic E-state index is 11.9. The van der Waals surface area contributed by atoms with Gasteiger partial charge in [-0.25, -0.2) is 0 Å². The molecule has 0 spiro atoms. The highest BCUT2D eigenvalue weighted by Gasteiger charge is 2.15. The molecule has 5 nitrogen and oxygen atoms in total. The Balaban J connectivity index is 2.26. The van der Waals surface area contributed by atoms with Gasteiger partial charge in [-0.05, 0) is 26.1 Å². The molecule has 1 atom stereocenters. The lowest BCUT2D eigenvalue weighted by Crippen LogP contribution is -2.29. The molecule has 1 aromatic carbocycles. The maximum Gasteiger partial charge on any atom is 0.220 e. The standard InChI is InChI=1S/C17H28N2O3/c1-19(2)16(15-7-5-4-6-8-15)9-10-17(20)18-11-12-22-14-13-21-3/h4-8,16H,9-14H2,1-3H3,(H,18,20)/t16-/m0/s1. The van der Waals surface area contributed by atoms with Gasteiger partial charge < -0.3 is 19.7 Å². The Bertz CT molecular complexity index is 410. The third kappa shape index (κ3) is 7.54. The van der Waals surface area contributed by atoms with Crippen molar-refractivity contribution in [2.24, 2.45) is 0 Å². The first-order valence-corrected chi connectivity index (χ1v) is 7.70. The predicted octanol–water partition coefficient (Wildman–Crippen LogP) is 1.85. The molecule has 5 heteroatoms. The molecule has 124 valence electrons. The van der Waals surface area contributed by atoms with Gasteiger partial charge in [-0.2, -0.15) is 0 Å². The zero-order valence-corrected chi connectivity index (χ0v) is 13.9. The molecular formula is C17H28N2O3. The molecule has 0 radical (unpaired) electrons. The van der Waals surface area contributed by atoms with Gasteiger partial charge in [0.1, 0.15) is 0 Å². The van der Waals surface area contributed by atoms with Crippen LogP contribution < -0.4 is 5.32 Å². The smallest absolute Gasteiger partial charge is 0.220 e. The molecule has 0 bridgehead atoms. The van der Waals surface area contributed by atoms with Crippen LogP contribution in [0.1, 0.15) is 24.4 Å². The minimum absolute atomic E-state index is 0.0677. The average Bonchev–Trinajstić information content (AvgIpc) is 2.51. The summed E-state index contributed by atoms with van der Waals surface area (Å²) in [6.07, 6.45) is 1.31. The predicted molar refractivity (Wildman–Crippen MR) is 87.8 cm³/mol. The van der Waals surface area contributed by atoms with E-state index < -0.39 is 0 Å². The van der Waals surface area contributed by atoms with Crippen LogP contribution in [0.2, 0.25) is 0 Å². The van der Waals surface area contributed by atoms with Crippen LogP contribution in [0, 0.1) is 0 Å². The third-order valence-corrected chi connectivity index (χ3v) is 3.45. The molecule has 1 rings (SSSR count). The minimum Gasteiger partial charge on any atom is -0.382 e. The van der Waals surface area contributed by atoms with Crippen molar-refractivity contribution >= 4 is 5.91 Å². The topological polar surface area (TPSA) is 50.8 Å². The normalized spacial score (nSPS) is 12.4. The SMILES string of the molecule is COCCOCCNC(=O)CC[C@@H](c1ccccc1)N(C)C. The number of rotatable bonds is 11. The Morgan fingerprint density at radius 3 is 2.55 bits per heavy atom. The molecule has 22 heavy (non-hydrogen) atoms. The second-order valence-electron chi connectivity index (χ2n) is 5.38. The number of hydrogen-bond donors (Lipinski definition) is 1. The van der Waals surface area contributed by atoms with Crippen molar-refractivity contribution in [3.05, 3.63) is 35.9 Å². The zero-order valence-electron chi connectivity index (χ0n) is 13.9. The van der Waals surface area contributed by atoms with E-state index >= 15 is 0 Å². The summed E-state index contributed by atoms with van der Waals surface area (Å²) in [4.78, 5) is 14.0. The van der Waals surface area contributed by atoms with Crippen LogP contribution in [0.15, 0.2) is 30.3 Å². The number of carbonyl (C=O) groups excluding carboxylic acids is 1. The zero-order chi connectivity index (χ0) is 16.2. The van der Waals surface area contributed by atoms with Gasteiger partial charge in [0.15, 0.2) is 0 Å². The fourth-order valence-electron chi connectivity index (χ4n) is 2.26. The van der Waals surface area contributed by atoms with Crippen LogP contribution in [0.4, 0.5) is 0 Å². The van der Waals surface area contributed by atoms with E-state index in [1.54, 1.807) is 7.11 Å². The van der Waals surface area contributed by atoms with Crippen molar-refractivity contribution in [3.8, 4) is 0 Å². The van der Waals surface area contributed by atoms with Crippen molar-refractivity contribution < 1.29 is 14.3 Å². The monoisotopic (exact) mass is 308 g/mol. The number of carbonyl (C=O) groups is 1. The highest BCUT2D eigenvalue weighted by atomic mass is 16.5. The van der Waals surface area contributed by atoms with E-state index in [1.165, 1.54) is 5.56 Å². The van der Waals surface area contributed by atoms with Gasteiger partial charge in [-0.1, -0.05) is 30.3 Å². The summed E-state index contributed by atoms with van der Waals surface area (Å²) in [5, 5.41) is 2.88. The van der Waals surface area contributed by atoms with Gasteiger partial charge in [0.25, 0.3) is 0 Å². The lowest BCUT2D eigenvalue weighted by Gasteiger charge is -2.24. The summed E-state index contributed by atoms with van der Waals surface area (Å²) < 4.78 is 10.2. The van der Waals surface area contributed by atoms with Gasteiger partial charge in [0, 0.05) is 26.1 Å². The number of amides is 1. The molecule has 0 saturated heterocycles. The highest BCUT2D eigenvalue weighted by molar-refractivity contribution is 5.75. The fraction of sp³-hybridized carbons (Fsp3) is 0.588. The van der Waals surface area contributed by atoms with E-state index in [1.807, 2.05) is 32.3 Å². The molecule has 0 fully saturated rings. The van der Waals surface area contributed by atoms with Crippen LogP contribution in [-0.4, -0.2) is 58.4 Å². The van der Waals surface area contributed by atoms with Crippen molar-refractivity contribution in [1.82, 2.24) is 10.2 Å². The van der Waals surface area contributed by atoms with Crippen LogP contribution in [0.5, 0.6) is 0 Å². The van der Waals surface area contributed by atoms with E-state index in [0.717, 1.165) is 6.42 Å². The fourth-order valence-corrected chi connectivity index (χ4v) is 2.26. The number of ether oxygens (including phenoxy) is 2. The van der Waals surface area contributed by atoms with Gasteiger partial charge in [-0.3, -0.25) is 4.79 Å². The molecule has 0 heterocycles. The Kier molecular flexibility index (Phi) is 9.46. The second-order valence-corrected chi connectivity index (χ2v) is 5.38. The molecular weight excluding hydrogens is 280 g/mol. The quantitative estimate of drug-likeness (QED) is 0.634. The van der Waals surface area contributed by atoms with Crippen molar-refractivity contribution in [3.63, 3.8) is 0 Å². The summed E-state index contributed by atoms with van der Waals surface area (Å²) in [6.45, 7) is 2.20. The number of nitrogens with zero attached hydrogens (tertiary/aromatic N) is 1. The molecule has 0 aliphatic heterocycles. The van der Waals surface area contributed by atoms with Crippen molar-refractivity contribution in [1.29, 1.82) is 0 Å². The number of nitrogens with one attached hydrogen (secondary N) is 1. The van der Waals surface area contributed by atoms with Crippen LogP contribution in [0.25, 0.3) is 0 Å². The molecule has 0 aromatic heterocycles. The Morgan fingerprint density at radius 1 is 1.18 bits per heavy atom. The first-order chi connectivity index (χ1) is 10.6. The first-order valence-electron chi connectivity index (χ1n) is 7.70. The first kappa shape index (κ1) is 18.6. The number of methoxy groups -OCH3 is 1. The lowest BCUT2D eigenvalue weighted by molar-refractivity contribution is -0.121. The lowest BCUT2D eigenvalue weighted by atomic mass is 10.0. The average molecular weight is 308 g/mol. The highest BCUT2D eigenvalue weighted by Crippen LogP contribution is 2.22. The summed E-state index contributed by atoms with van der Waals surface area (Å²) in [7, 11) is 5.72. The Morgan fingerprint density at radius 2 is 1.91 bits per heavy atom. The molecule has 0 aliphatic rings. The van der Waals surface area contributed by atoms with E-state index in [9.17, 15) is 4.79 Å². The summed E-state index contributed by atoms with van der Waals surface area (Å²) in [5.41, 5.74) is 1.24. The van der Waals surface area contributed by atoms with E-state index in [4.69, 9.17) is 9.47 Å². The molecule has 1 aromatic rings. The van der Waals surface area contributed by atoms with Gasteiger partial charge in [0.2, 0.25) is 5.91 Å². The van der Waals surface area contributed by atoms with Crippen LogP contribution >= 0.6 is 0 Å². The van der Waals surface area contributed by atoms with E-state index in [2.05, 4.69) is 22.3 Å². The Labute approximate surface area is 133 Å². The molecule has 0 unspecified atom stereocenters. The largest absolute Gasteiger partial charge is 0.382 e. The number of hydrogen-bond acceptors (Lipinski definition) is 4. The van der Waals surface area contributed by atoms with Gasteiger partial charge >= 0.3 is 0 Å². The third-order valence-electron chi connectivity index (χ3n) is 3.45. The van der Waals surface area contributed by atoms with Crippen LogP contribution in [0.3, 0.4) is 0 Å². The Hall–Kier alpha value is -1.43. The number of benzene rings is 1. The minimum atomic E-state index is 0.0677. The van der Waals surface area contributed by atoms with E-state index in [-0.39, 0.29) is 11.9 Å². The van der Waals surface area contributed by atoms with Crippen molar-refractivity contribution in [2.75, 3.05) is 47.6 Å².